The quantitative estimate of drug-likeness (QED) is 0.593. The minimum atomic E-state index is 0.199. The zero-order valence-electron chi connectivity index (χ0n) is 17.3. The van der Waals surface area contributed by atoms with Crippen LogP contribution in [0.3, 0.4) is 0 Å². The van der Waals surface area contributed by atoms with Gasteiger partial charge in [0, 0.05) is 31.5 Å². The maximum Gasteiger partial charge on any atom is 0.226 e. The Morgan fingerprint density at radius 2 is 1.97 bits per heavy atom. The van der Waals surface area contributed by atoms with Crippen molar-refractivity contribution in [3.63, 3.8) is 0 Å². The van der Waals surface area contributed by atoms with E-state index >= 15 is 0 Å². The van der Waals surface area contributed by atoms with E-state index in [-0.39, 0.29) is 5.91 Å². The Labute approximate surface area is 175 Å². The molecule has 1 amide bonds. The van der Waals surface area contributed by atoms with E-state index in [1.165, 1.54) is 25.7 Å². The van der Waals surface area contributed by atoms with Gasteiger partial charge in [-0.3, -0.25) is 4.79 Å². The van der Waals surface area contributed by atoms with Crippen LogP contribution in [0.4, 0.5) is 0 Å². The highest BCUT2D eigenvalue weighted by atomic mass is 16.5. The first-order valence-electron chi connectivity index (χ1n) is 11.2. The lowest BCUT2D eigenvalue weighted by Crippen LogP contribution is -2.28. The van der Waals surface area contributed by atoms with Crippen molar-refractivity contribution in [2.75, 3.05) is 13.1 Å². The first kappa shape index (κ1) is 19.2. The van der Waals surface area contributed by atoms with E-state index in [9.17, 15) is 4.79 Å². The molecule has 0 unspecified atom stereocenters. The Morgan fingerprint density at radius 1 is 1.13 bits per heavy atom. The molecule has 8 heteroatoms. The van der Waals surface area contributed by atoms with Gasteiger partial charge in [-0.25, -0.2) is 4.68 Å². The SMILES string of the molecule is O=C(CCn1nnc2cc(-c3noc(CCC4CCCC4)n3)ccc21)N1CCCC1. The summed E-state index contributed by atoms with van der Waals surface area (Å²) in [6, 6.07) is 5.88. The smallest absolute Gasteiger partial charge is 0.226 e. The molecule has 0 atom stereocenters. The van der Waals surface area contributed by atoms with Crippen LogP contribution < -0.4 is 0 Å². The molecule has 158 valence electrons. The number of carbonyl (C=O) groups is 1. The Bertz CT molecular complexity index is 1010. The van der Waals surface area contributed by atoms with Crippen molar-refractivity contribution in [1.82, 2.24) is 30.0 Å². The highest BCUT2D eigenvalue weighted by Crippen LogP contribution is 2.29. The molecule has 0 N–H and O–H groups in total. The van der Waals surface area contributed by atoms with Crippen LogP contribution in [-0.4, -0.2) is 49.0 Å². The second kappa shape index (κ2) is 8.53. The first-order chi connectivity index (χ1) is 14.8. The third-order valence-electron chi connectivity index (χ3n) is 6.48. The average molecular weight is 409 g/mol. The molecule has 1 aromatic carbocycles. The molecule has 2 fully saturated rings. The topological polar surface area (TPSA) is 89.9 Å². The van der Waals surface area contributed by atoms with Crippen molar-refractivity contribution in [1.29, 1.82) is 0 Å². The van der Waals surface area contributed by atoms with Gasteiger partial charge in [-0.1, -0.05) is 36.1 Å². The minimum absolute atomic E-state index is 0.199. The Balaban J connectivity index is 1.24. The third-order valence-corrected chi connectivity index (χ3v) is 6.48. The number of aryl methyl sites for hydroxylation is 2. The largest absolute Gasteiger partial charge is 0.343 e. The molecular formula is C22H28N6O2. The lowest BCUT2D eigenvalue weighted by atomic mass is 10.0. The lowest BCUT2D eigenvalue weighted by molar-refractivity contribution is -0.130. The van der Waals surface area contributed by atoms with E-state index in [1.54, 1.807) is 4.68 Å². The zero-order chi connectivity index (χ0) is 20.3. The molecule has 0 spiro atoms. The molecule has 1 aliphatic carbocycles. The molecule has 1 saturated carbocycles. The molecule has 2 aromatic heterocycles. The number of aromatic nitrogens is 5. The van der Waals surface area contributed by atoms with Gasteiger partial charge in [-0.05, 0) is 43.4 Å². The summed E-state index contributed by atoms with van der Waals surface area (Å²) in [5.41, 5.74) is 2.56. The van der Waals surface area contributed by atoms with Gasteiger partial charge in [0.2, 0.25) is 17.6 Å². The second-order valence-corrected chi connectivity index (χ2v) is 8.55. The fourth-order valence-corrected chi connectivity index (χ4v) is 4.70. The van der Waals surface area contributed by atoms with Crippen molar-refractivity contribution in [3.8, 4) is 11.4 Å². The second-order valence-electron chi connectivity index (χ2n) is 8.55. The van der Waals surface area contributed by atoms with Crippen LogP contribution in [0.1, 0.15) is 57.3 Å². The van der Waals surface area contributed by atoms with Gasteiger partial charge < -0.3 is 9.42 Å². The normalized spacial score (nSPS) is 17.4. The third kappa shape index (κ3) is 4.08. The molecule has 8 nitrogen and oxygen atoms in total. The number of likely N-dealkylation sites (tertiary alicyclic amines) is 1. The summed E-state index contributed by atoms with van der Waals surface area (Å²) in [5, 5.41) is 12.7. The molecule has 30 heavy (non-hydrogen) atoms. The van der Waals surface area contributed by atoms with Gasteiger partial charge in [0.15, 0.2) is 0 Å². The van der Waals surface area contributed by atoms with Crippen molar-refractivity contribution in [2.45, 2.75) is 64.3 Å². The van der Waals surface area contributed by atoms with Crippen molar-refractivity contribution < 1.29 is 9.32 Å². The summed E-state index contributed by atoms with van der Waals surface area (Å²) in [6.07, 6.45) is 10.0. The fourth-order valence-electron chi connectivity index (χ4n) is 4.70. The van der Waals surface area contributed by atoms with Crippen LogP contribution >= 0.6 is 0 Å². The molecule has 1 saturated heterocycles. The monoisotopic (exact) mass is 408 g/mol. The van der Waals surface area contributed by atoms with Crippen LogP contribution in [-0.2, 0) is 17.8 Å². The standard InChI is InChI=1S/C22H28N6O2/c29-21(27-12-3-4-13-27)11-14-28-19-9-8-17(15-18(19)24-26-28)22-23-20(30-25-22)10-7-16-5-1-2-6-16/h8-9,15-16H,1-7,10-14H2. The summed E-state index contributed by atoms with van der Waals surface area (Å²) in [7, 11) is 0. The number of fused-ring (bicyclic) bond motifs is 1. The number of amides is 1. The van der Waals surface area contributed by atoms with Crippen molar-refractivity contribution in [3.05, 3.63) is 24.1 Å². The molecule has 0 bridgehead atoms. The predicted molar refractivity (Wildman–Crippen MR) is 112 cm³/mol. The highest BCUT2D eigenvalue weighted by Gasteiger charge is 2.19. The van der Waals surface area contributed by atoms with Gasteiger partial charge in [0.25, 0.3) is 0 Å². The van der Waals surface area contributed by atoms with Gasteiger partial charge >= 0.3 is 0 Å². The number of nitrogens with zero attached hydrogens (tertiary/aromatic N) is 6. The Hall–Kier alpha value is -2.77. The molecule has 3 aromatic rings. The zero-order valence-corrected chi connectivity index (χ0v) is 17.3. The van der Waals surface area contributed by atoms with E-state index in [4.69, 9.17) is 4.52 Å². The van der Waals surface area contributed by atoms with Crippen molar-refractivity contribution >= 4 is 16.9 Å². The summed E-state index contributed by atoms with van der Waals surface area (Å²) >= 11 is 0. The predicted octanol–water partition coefficient (Wildman–Crippen LogP) is 3.62. The van der Waals surface area contributed by atoms with E-state index in [1.807, 2.05) is 23.1 Å². The minimum Gasteiger partial charge on any atom is -0.343 e. The number of hydrogen-bond acceptors (Lipinski definition) is 6. The van der Waals surface area contributed by atoms with Gasteiger partial charge in [0.1, 0.15) is 5.52 Å². The Morgan fingerprint density at radius 3 is 2.80 bits per heavy atom. The van der Waals surface area contributed by atoms with E-state index < -0.39 is 0 Å². The van der Waals surface area contributed by atoms with Gasteiger partial charge in [-0.15, -0.1) is 5.10 Å². The van der Waals surface area contributed by atoms with Crippen LogP contribution in [0.2, 0.25) is 0 Å². The molecule has 5 rings (SSSR count). The maximum atomic E-state index is 12.3. The molecular weight excluding hydrogens is 380 g/mol. The van der Waals surface area contributed by atoms with Gasteiger partial charge in [0.05, 0.1) is 12.1 Å². The van der Waals surface area contributed by atoms with E-state index in [0.717, 1.165) is 61.3 Å². The summed E-state index contributed by atoms with van der Waals surface area (Å²) in [5.74, 6) is 2.31. The summed E-state index contributed by atoms with van der Waals surface area (Å²) in [6.45, 7) is 2.31. The lowest BCUT2D eigenvalue weighted by Gasteiger charge is -2.14. The van der Waals surface area contributed by atoms with Crippen LogP contribution in [0.25, 0.3) is 22.4 Å². The molecule has 0 radical (unpaired) electrons. The van der Waals surface area contributed by atoms with Crippen LogP contribution in [0, 0.1) is 5.92 Å². The number of benzene rings is 1. The van der Waals surface area contributed by atoms with E-state index in [0.29, 0.717) is 24.7 Å². The van der Waals surface area contributed by atoms with Crippen molar-refractivity contribution in [2.24, 2.45) is 5.92 Å². The first-order valence-corrected chi connectivity index (χ1v) is 11.2. The number of hydrogen-bond donors (Lipinski definition) is 0. The maximum absolute atomic E-state index is 12.3. The highest BCUT2D eigenvalue weighted by molar-refractivity contribution is 5.80. The Kier molecular flexibility index (Phi) is 5.46. The molecule has 3 heterocycles. The van der Waals surface area contributed by atoms with Crippen LogP contribution in [0.5, 0.6) is 0 Å². The summed E-state index contributed by atoms with van der Waals surface area (Å²) < 4.78 is 7.27. The number of carbonyl (C=O) groups excluding carboxylic acids is 1. The summed E-state index contributed by atoms with van der Waals surface area (Å²) in [4.78, 5) is 18.8. The molecule has 1 aliphatic heterocycles. The van der Waals surface area contributed by atoms with Gasteiger partial charge in [-0.2, -0.15) is 4.98 Å². The fraction of sp³-hybridized carbons (Fsp3) is 0.591. The molecule has 2 aliphatic rings. The number of rotatable bonds is 7. The van der Waals surface area contributed by atoms with E-state index in [2.05, 4.69) is 20.5 Å². The average Bonchev–Trinajstić information content (AvgIpc) is 3.56. The van der Waals surface area contributed by atoms with Crippen LogP contribution in [0.15, 0.2) is 22.7 Å².